The molecule has 2 N–H and O–H groups in total. The molecule has 8 nitrogen and oxygen atoms in total. The maximum absolute atomic E-state index is 12.5. The number of rotatable bonds is 8. The number of aliphatic carboxylic acids is 1. The van der Waals surface area contributed by atoms with Gasteiger partial charge >= 0.3 is 5.97 Å². The van der Waals surface area contributed by atoms with Gasteiger partial charge in [0.1, 0.15) is 17.5 Å². The SMILES string of the molecule is COc1ccc(N2CC(C(=O)N[C@H](CC(C)C)C(=O)O)CC2=O)c(OC)c1. The molecule has 0 bridgehead atoms. The number of nitrogens with zero attached hydrogens (tertiary/aromatic N) is 1. The first kappa shape index (κ1) is 20.5. The van der Waals surface area contributed by atoms with E-state index in [0.717, 1.165) is 0 Å². The zero-order valence-electron chi connectivity index (χ0n) is 16.0. The van der Waals surface area contributed by atoms with Gasteiger partial charge in [-0.2, -0.15) is 0 Å². The number of carbonyl (C=O) groups excluding carboxylic acids is 2. The lowest BCUT2D eigenvalue weighted by Crippen LogP contribution is -2.44. The highest BCUT2D eigenvalue weighted by atomic mass is 16.5. The lowest BCUT2D eigenvalue weighted by molar-refractivity contribution is -0.142. The van der Waals surface area contributed by atoms with Crippen molar-refractivity contribution in [3.63, 3.8) is 0 Å². The standard InChI is InChI=1S/C19H26N2O6/c1-11(2)7-14(19(24)25)20-18(23)12-8-17(22)21(10-12)15-6-5-13(26-3)9-16(15)27-4/h5-6,9,11-12,14H,7-8,10H2,1-4H3,(H,20,23)(H,24,25)/t12?,14-/m1/s1. The van der Waals surface area contributed by atoms with E-state index in [1.807, 2.05) is 13.8 Å². The Hall–Kier alpha value is -2.77. The van der Waals surface area contributed by atoms with Crippen LogP contribution in [0.25, 0.3) is 0 Å². The molecule has 1 heterocycles. The monoisotopic (exact) mass is 378 g/mol. The number of ether oxygens (including phenoxy) is 2. The van der Waals surface area contributed by atoms with Crippen molar-refractivity contribution in [2.45, 2.75) is 32.7 Å². The molecule has 2 rings (SSSR count). The van der Waals surface area contributed by atoms with Gasteiger partial charge in [-0.25, -0.2) is 4.79 Å². The molecular formula is C19H26N2O6. The van der Waals surface area contributed by atoms with Crippen LogP contribution in [0.3, 0.4) is 0 Å². The Balaban J connectivity index is 2.12. The van der Waals surface area contributed by atoms with Gasteiger partial charge in [-0.05, 0) is 24.5 Å². The first-order valence-corrected chi connectivity index (χ1v) is 8.82. The molecule has 1 aliphatic heterocycles. The Morgan fingerprint density at radius 2 is 2.00 bits per heavy atom. The predicted octanol–water partition coefficient (Wildman–Crippen LogP) is 1.67. The van der Waals surface area contributed by atoms with Gasteiger partial charge in [0.15, 0.2) is 0 Å². The van der Waals surface area contributed by atoms with Crippen LogP contribution in [-0.2, 0) is 14.4 Å². The third-order valence-electron chi connectivity index (χ3n) is 4.50. The summed E-state index contributed by atoms with van der Waals surface area (Å²) >= 11 is 0. The molecule has 148 valence electrons. The van der Waals surface area contributed by atoms with E-state index in [0.29, 0.717) is 23.6 Å². The number of nitrogens with one attached hydrogen (secondary N) is 1. The number of carbonyl (C=O) groups is 3. The Labute approximate surface area is 158 Å². The van der Waals surface area contributed by atoms with Gasteiger partial charge in [0.2, 0.25) is 11.8 Å². The number of carboxylic acid groups (broad SMARTS) is 1. The molecule has 0 saturated carbocycles. The molecule has 2 atom stereocenters. The Kier molecular flexibility index (Phi) is 6.65. The van der Waals surface area contributed by atoms with Crippen LogP contribution in [0.5, 0.6) is 11.5 Å². The molecule has 1 unspecified atom stereocenters. The average Bonchev–Trinajstić information content (AvgIpc) is 3.01. The van der Waals surface area contributed by atoms with Crippen molar-refractivity contribution in [1.82, 2.24) is 5.32 Å². The number of carboxylic acids is 1. The third kappa shape index (κ3) is 4.90. The van der Waals surface area contributed by atoms with Crippen LogP contribution in [0.4, 0.5) is 5.69 Å². The lowest BCUT2D eigenvalue weighted by atomic mass is 10.0. The first-order chi connectivity index (χ1) is 12.8. The summed E-state index contributed by atoms with van der Waals surface area (Å²) in [5.41, 5.74) is 0.551. The lowest BCUT2D eigenvalue weighted by Gasteiger charge is -2.21. The Morgan fingerprint density at radius 1 is 1.30 bits per heavy atom. The van der Waals surface area contributed by atoms with E-state index >= 15 is 0 Å². The Morgan fingerprint density at radius 3 is 2.56 bits per heavy atom. The summed E-state index contributed by atoms with van der Waals surface area (Å²) < 4.78 is 10.5. The summed E-state index contributed by atoms with van der Waals surface area (Å²) in [6.45, 7) is 3.94. The quantitative estimate of drug-likeness (QED) is 0.713. The van der Waals surface area contributed by atoms with Gasteiger partial charge < -0.3 is 24.8 Å². The molecule has 0 radical (unpaired) electrons. The molecule has 1 aromatic rings. The van der Waals surface area contributed by atoms with Crippen molar-refractivity contribution in [3.05, 3.63) is 18.2 Å². The highest BCUT2D eigenvalue weighted by Gasteiger charge is 2.37. The number of hydrogen-bond acceptors (Lipinski definition) is 5. The van der Waals surface area contributed by atoms with E-state index in [4.69, 9.17) is 9.47 Å². The fourth-order valence-corrected chi connectivity index (χ4v) is 3.11. The maximum atomic E-state index is 12.5. The minimum Gasteiger partial charge on any atom is -0.497 e. The predicted molar refractivity (Wildman–Crippen MR) is 99.0 cm³/mol. The van der Waals surface area contributed by atoms with Crippen molar-refractivity contribution in [1.29, 1.82) is 0 Å². The van der Waals surface area contributed by atoms with Gasteiger partial charge in [-0.1, -0.05) is 13.8 Å². The Bertz CT molecular complexity index is 718. The van der Waals surface area contributed by atoms with Gasteiger partial charge in [-0.15, -0.1) is 0 Å². The molecule has 0 spiro atoms. The van der Waals surface area contributed by atoms with Gasteiger partial charge in [0, 0.05) is 19.0 Å². The van der Waals surface area contributed by atoms with Crippen molar-refractivity contribution in [3.8, 4) is 11.5 Å². The molecule has 1 aliphatic rings. The smallest absolute Gasteiger partial charge is 0.326 e. The van der Waals surface area contributed by atoms with Crippen molar-refractivity contribution >= 4 is 23.5 Å². The molecule has 8 heteroatoms. The molecular weight excluding hydrogens is 352 g/mol. The summed E-state index contributed by atoms with van der Waals surface area (Å²) in [5, 5.41) is 11.9. The second-order valence-electron chi connectivity index (χ2n) is 6.97. The van der Waals surface area contributed by atoms with Crippen LogP contribution in [0.15, 0.2) is 18.2 Å². The van der Waals surface area contributed by atoms with Crippen LogP contribution < -0.4 is 19.7 Å². The zero-order valence-corrected chi connectivity index (χ0v) is 16.0. The number of amides is 2. The molecule has 1 fully saturated rings. The second-order valence-corrected chi connectivity index (χ2v) is 6.97. The topological polar surface area (TPSA) is 105 Å². The highest BCUT2D eigenvalue weighted by Crippen LogP contribution is 2.35. The van der Waals surface area contributed by atoms with Crippen LogP contribution in [0.2, 0.25) is 0 Å². The van der Waals surface area contributed by atoms with Crippen LogP contribution in [0.1, 0.15) is 26.7 Å². The second kappa shape index (κ2) is 8.75. The van der Waals surface area contributed by atoms with Crippen LogP contribution >= 0.6 is 0 Å². The number of benzene rings is 1. The molecule has 1 saturated heterocycles. The summed E-state index contributed by atoms with van der Waals surface area (Å²) in [5.74, 6) is -1.15. The van der Waals surface area contributed by atoms with Gasteiger partial charge in [0.05, 0.1) is 25.8 Å². The normalized spacial score (nSPS) is 17.7. The maximum Gasteiger partial charge on any atom is 0.326 e. The molecule has 27 heavy (non-hydrogen) atoms. The van der Waals surface area contributed by atoms with Crippen molar-refractivity contribution in [2.75, 3.05) is 25.7 Å². The van der Waals surface area contributed by atoms with Crippen LogP contribution in [0, 0.1) is 11.8 Å². The summed E-state index contributed by atoms with van der Waals surface area (Å²) in [6, 6.07) is 4.12. The fraction of sp³-hybridized carbons (Fsp3) is 0.526. The fourth-order valence-electron chi connectivity index (χ4n) is 3.11. The van der Waals surface area contributed by atoms with E-state index in [1.165, 1.54) is 19.1 Å². The number of anilines is 1. The summed E-state index contributed by atoms with van der Waals surface area (Å²) in [7, 11) is 3.03. The third-order valence-corrected chi connectivity index (χ3v) is 4.50. The van der Waals surface area contributed by atoms with E-state index in [-0.39, 0.29) is 24.8 Å². The molecule has 2 amide bonds. The van der Waals surface area contributed by atoms with Crippen molar-refractivity contribution in [2.24, 2.45) is 11.8 Å². The van der Waals surface area contributed by atoms with E-state index in [2.05, 4.69) is 5.32 Å². The summed E-state index contributed by atoms with van der Waals surface area (Å²) in [6.07, 6.45) is 0.354. The van der Waals surface area contributed by atoms with E-state index in [1.54, 1.807) is 18.2 Å². The first-order valence-electron chi connectivity index (χ1n) is 8.82. The zero-order chi connectivity index (χ0) is 20.1. The van der Waals surface area contributed by atoms with Crippen LogP contribution in [-0.4, -0.2) is 49.7 Å². The minimum atomic E-state index is -1.07. The number of hydrogen-bond donors (Lipinski definition) is 2. The minimum absolute atomic E-state index is 0.0229. The highest BCUT2D eigenvalue weighted by molar-refractivity contribution is 6.01. The average molecular weight is 378 g/mol. The largest absolute Gasteiger partial charge is 0.497 e. The van der Waals surface area contributed by atoms with Crippen molar-refractivity contribution < 1.29 is 29.0 Å². The van der Waals surface area contributed by atoms with E-state index < -0.39 is 23.8 Å². The summed E-state index contributed by atoms with van der Waals surface area (Å²) in [4.78, 5) is 37.8. The molecule has 0 aromatic heterocycles. The van der Waals surface area contributed by atoms with Gasteiger partial charge in [0.25, 0.3) is 0 Å². The van der Waals surface area contributed by atoms with Gasteiger partial charge in [-0.3, -0.25) is 9.59 Å². The van der Waals surface area contributed by atoms with E-state index in [9.17, 15) is 19.5 Å². The number of methoxy groups -OCH3 is 2. The molecule has 0 aliphatic carbocycles. The molecule has 1 aromatic carbocycles.